The molecule has 0 N–H and O–H groups in total. The Balaban J connectivity index is 2.25. The molecule has 0 atom stereocenters. The van der Waals surface area contributed by atoms with Crippen molar-refractivity contribution >= 4 is 29.0 Å². The van der Waals surface area contributed by atoms with E-state index in [0.29, 0.717) is 5.02 Å². The molecule has 2 aromatic rings. The zero-order valence-electron chi connectivity index (χ0n) is 9.59. The first-order chi connectivity index (χ1) is 8.97. The maximum absolute atomic E-state index is 13.4. The van der Waals surface area contributed by atoms with E-state index in [0.717, 1.165) is 12.1 Å². The molecule has 2 aromatic carbocycles. The van der Waals surface area contributed by atoms with Gasteiger partial charge in [-0.2, -0.15) is 0 Å². The Morgan fingerprint density at radius 1 is 1.05 bits per heavy atom. The van der Waals surface area contributed by atoms with Crippen LogP contribution in [0.1, 0.15) is 15.9 Å². The molecule has 0 aliphatic rings. The van der Waals surface area contributed by atoms with Crippen LogP contribution in [0.3, 0.4) is 0 Å². The number of rotatable bonds is 3. The Labute approximate surface area is 118 Å². The second-order valence-electron chi connectivity index (χ2n) is 3.96. The molecule has 0 radical (unpaired) electrons. The van der Waals surface area contributed by atoms with Gasteiger partial charge >= 0.3 is 0 Å². The van der Waals surface area contributed by atoms with E-state index >= 15 is 0 Å². The van der Waals surface area contributed by atoms with Crippen LogP contribution in [0.2, 0.25) is 10.0 Å². The highest BCUT2D eigenvalue weighted by molar-refractivity contribution is 6.36. The average molecular weight is 301 g/mol. The van der Waals surface area contributed by atoms with Gasteiger partial charge in [-0.3, -0.25) is 4.79 Å². The summed E-state index contributed by atoms with van der Waals surface area (Å²) >= 11 is 11.6. The number of carbonyl (C=O) groups excluding carboxylic acids is 1. The van der Waals surface area contributed by atoms with Crippen LogP contribution in [0.5, 0.6) is 0 Å². The predicted octanol–water partition coefficient (Wildman–Crippen LogP) is 4.70. The molecule has 98 valence electrons. The molecule has 2 rings (SSSR count). The van der Waals surface area contributed by atoms with Crippen LogP contribution in [0.4, 0.5) is 8.78 Å². The standard InChI is InChI=1S/C14H8Cl2F2O/c15-9-2-4-11(12(16)6-9)14(19)5-8-1-3-10(17)7-13(8)18/h1-4,6-7H,5H2. The lowest BCUT2D eigenvalue weighted by molar-refractivity contribution is 0.0992. The van der Waals surface area contributed by atoms with Gasteiger partial charge in [-0.1, -0.05) is 29.3 Å². The van der Waals surface area contributed by atoms with Gasteiger partial charge in [-0.15, -0.1) is 0 Å². The summed E-state index contributed by atoms with van der Waals surface area (Å²) in [6, 6.07) is 7.54. The van der Waals surface area contributed by atoms with Crippen molar-refractivity contribution in [2.75, 3.05) is 0 Å². The van der Waals surface area contributed by atoms with Crippen molar-refractivity contribution in [3.05, 3.63) is 69.2 Å². The third-order valence-corrected chi connectivity index (χ3v) is 3.15. The fourth-order valence-electron chi connectivity index (χ4n) is 1.65. The topological polar surface area (TPSA) is 17.1 Å². The third-order valence-electron chi connectivity index (χ3n) is 2.60. The maximum atomic E-state index is 13.4. The Bertz CT molecular complexity index is 641. The van der Waals surface area contributed by atoms with Crippen LogP contribution in [-0.2, 0) is 6.42 Å². The first-order valence-electron chi connectivity index (χ1n) is 5.39. The number of carbonyl (C=O) groups is 1. The van der Waals surface area contributed by atoms with Gasteiger partial charge in [0.1, 0.15) is 11.6 Å². The van der Waals surface area contributed by atoms with E-state index in [1.807, 2.05) is 0 Å². The number of halogens is 4. The summed E-state index contributed by atoms with van der Waals surface area (Å²) in [4.78, 5) is 12.0. The second-order valence-corrected chi connectivity index (χ2v) is 4.80. The van der Waals surface area contributed by atoms with Crippen molar-refractivity contribution in [2.24, 2.45) is 0 Å². The van der Waals surface area contributed by atoms with Gasteiger partial charge < -0.3 is 0 Å². The van der Waals surface area contributed by atoms with E-state index < -0.39 is 11.6 Å². The van der Waals surface area contributed by atoms with Gasteiger partial charge in [-0.05, 0) is 29.8 Å². The molecule has 0 aliphatic heterocycles. The van der Waals surface area contributed by atoms with Gasteiger partial charge in [0.05, 0.1) is 5.02 Å². The quantitative estimate of drug-likeness (QED) is 0.751. The van der Waals surface area contributed by atoms with Crippen molar-refractivity contribution in [1.82, 2.24) is 0 Å². The highest BCUT2D eigenvalue weighted by Gasteiger charge is 2.14. The molecule has 0 amide bonds. The molecule has 0 unspecified atom stereocenters. The number of Topliss-reactive ketones (excluding diaryl/α,β-unsaturated/α-hetero) is 1. The molecule has 0 aliphatic carbocycles. The Morgan fingerprint density at radius 2 is 1.79 bits per heavy atom. The molecule has 0 heterocycles. The van der Waals surface area contributed by atoms with Gasteiger partial charge in [0.15, 0.2) is 5.78 Å². The van der Waals surface area contributed by atoms with Crippen molar-refractivity contribution in [3.63, 3.8) is 0 Å². The minimum absolute atomic E-state index is 0.123. The zero-order valence-corrected chi connectivity index (χ0v) is 11.1. The summed E-state index contributed by atoms with van der Waals surface area (Å²) in [5, 5.41) is 0.620. The zero-order chi connectivity index (χ0) is 14.0. The van der Waals surface area contributed by atoms with Gasteiger partial charge in [-0.25, -0.2) is 8.78 Å². The second kappa shape index (κ2) is 5.68. The van der Waals surface area contributed by atoms with E-state index in [4.69, 9.17) is 23.2 Å². The molecule has 19 heavy (non-hydrogen) atoms. The van der Waals surface area contributed by atoms with E-state index in [-0.39, 0.29) is 28.4 Å². The summed E-state index contributed by atoms with van der Waals surface area (Å²) in [5.74, 6) is -1.79. The van der Waals surface area contributed by atoms with Gasteiger partial charge in [0, 0.05) is 23.1 Å². The van der Waals surface area contributed by atoms with Crippen LogP contribution in [0.15, 0.2) is 36.4 Å². The molecular weight excluding hydrogens is 293 g/mol. The number of benzene rings is 2. The van der Waals surface area contributed by atoms with Crippen molar-refractivity contribution < 1.29 is 13.6 Å². The number of hydrogen-bond acceptors (Lipinski definition) is 1. The number of ketones is 1. The molecule has 0 spiro atoms. The molecule has 0 fully saturated rings. The Hall–Kier alpha value is -1.45. The lowest BCUT2D eigenvalue weighted by Crippen LogP contribution is -2.06. The van der Waals surface area contributed by atoms with Crippen LogP contribution in [-0.4, -0.2) is 5.78 Å². The van der Waals surface area contributed by atoms with Gasteiger partial charge in [0.25, 0.3) is 0 Å². The maximum Gasteiger partial charge on any atom is 0.168 e. The van der Waals surface area contributed by atoms with E-state index in [1.54, 1.807) is 0 Å². The molecule has 5 heteroatoms. The fraction of sp³-hybridized carbons (Fsp3) is 0.0714. The Morgan fingerprint density at radius 3 is 2.42 bits per heavy atom. The highest BCUT2D eigenvalue weighted by Crippen LogP contribution is 2.23. The van der Waals surface area contributed by atoms with Crippen LogP contribution in [0, 0.1) is 11.6 Å². The number of hydrogen-bond donors (Lipinski definition) is 0. The first kappa shape index (κ1) is 14.0. The molecule has 0 saturated carbocycles. The molecule has 0 saturated heterocycles. The van der Waals surface area contributed by atoms with Gasteiger partial charge in [0.2, 0.25) is 0 Å². The minimum atomic E-state index is -0.751. The minimum Gasteiger partial charge on any atom is -0.294 e. The Kier molecular flexibility index (Phi) is 4.17. The lowest BCUT2D eigenvalue weighted by atomic mass is 10.0. The normalized spacial score (nSPS) is 10.5. The van der Waals surface area contributed by atoms with Crippen molar-refractivity contribution in [2.45, 2.75) is 6.42 Å². The van der Waals surface area contributed by atoms with E-state index in [9.17, 15) is 13.6 Å². The summed E-state index contributed by atoms with van der Waals surface area (Å²) < 4.78 is 26.2. The van der Waals surface area contributed by atoms with Crippen LogP contribution >= 0.6 is 23.2 Å². The van der Waals surface area contributed by atoms with Crippen molar-refractivity contribution in [3.8, 4) is 0 Å². The van der Waals surface area contributed by atoms with Crippen LogP contribution in [0.25, 0.3) is 0 Å². The monoisotopic (exact) mass is 300 g/mol. The summed E-state index contributed by atoms with van der Waals surface area (Å²) in [7, 11) is 0. The average Bonchev–Trinajstić information content (AvgIpc) is 2.32. The fourth-order valence-corrected chi connectivity index (χ4v) is 2.16. The first-order valence-corrected chi connectivity index (χ1v) is 6.15. The summed E-state index contributed by atoms with van der Waals surface area (Å²) in [6.07, 6.45) is -0.187. The molecule has 1 nitrogen and oxygen atoms in total. The van der Waals surface area contributed by atoms with Crippen molar-refractivity contribution in [1.29, 1.82) is 0 Å². The molecule has 0 bridgehead atoms. The predicted molar refractivity (Wildman–Crippen MR) is 70.9 cm³/mol. The largest absolute Gasteiger partial charge is 0.294 e. The smallest absolute Gasteiger partial charge is 0.168 e. The van der Waals surface area contributed by atoms with E-state index in [1.165, 1.54) is 24.3 Å². The SMILES string of the molecule is O=C(Cc1ccc(F)cc1F)c1ccc(Cl)cc1Cl. The van der Waals surface area contributed by atoms with Crippen LogP contribution < -0.4 is 0 Å². The molecular formula is C14H8Cl2F2O. The van der Waals surface area contributed by atoms with E-state index in [2.05, 4.69) is 0 Å². The summed E-state index contributed by atoms with van der Waals surface area (Å²) in [6.45, 7) is 0. The summed E-state index contributed by atoms with van der Waals surface area (Å²) in [5.41, 5.74) is 0.382. The lowest BCUT2D eigenvalue weighted by Gasteiger charge is -2.05. The molecule has 0 aromatic heterocycles. The third kappa shape index (κ3) is 3.31. The highest BCUT2D eigenvalue weighted by atomic mass is 35.5.